The zero-order valence-electron chi connectivity index (χ0n) is 11.3. The predicted octanol–water partition coefficient (Wildman–Crippen LogP) is 1.71. The first-order valence-electron chi connectivity index (χ1n) is 5.95. The monoisotopic (exact) mass is 286 g/mol. The number of carbonyl (C=O) groups excluding carboxylic acids is 1. The van der Waals surface area contributed by atoms with Crippen LogP contribution >= 0.6 is 11.6 Å². The largest absolute Gasteiger partial charge is 0.493 e. The molecule has 0 aromatic heterocycles. The minimum absolute atomic E-state index is 0.212. The molecule has 0 heterocycles. The summed E-state index contributed by atoms with van der Waals surface area (Å²) in [6.07, 6.45) is 0. The molecule has 0 fully saturated rings. The normalized spacial score (nSPS) is 10.6. The predicted molar refractivity (Wildman–Crippen MR) is 74.7 cm³/mol. The van der Waals surface area contributed by atoms with Gasteiger partial charge in [-0.05, 0) is 11.6 Å². The number of nitrogens with two attached hydrogens (primary N) is 1. The highest BCUT2D eigenvalue weighted by Gasteiger charge is 2.11. The van der Waals surface area contributed by atoms with Gasteiger partial charge in [-0.1, -0.05) is 25.4 Å². The van der Waals surface area contributed by atoms with Crippen LogP contribution in [0.1, 0.15) is 19.4 Å². The molecule has 3 N–H and O–H groups in total. The van der Waals surface area contributed by atoms with E-state index in [0.29, 0.717) is 29.1 Å². The minimum atomic E-state index is -0.552. The van der Waals surface area contributed by atoms with Gasteiger partial charge in [0.05, 0.1) is 7.11 Å². The third kappa shape index (κ3) is 4.96. The summed E-state index contributed by atoms with van der Waals surface area (Å²) in [5.41, 5.74) is 5.93. The number of rotatable bonds is 7. The second kappa shape index (κ2) is 7.21. The number of nitrogens with one attached hydrogen (secondary N) is 1. The molecule has 0 spiro atoms. The van der Waals surface area contributed by atoms with Crippen LogP contribution in [0, 0.1) is 0 Å². The summed E-state index contributed by atoms with van der Waals surface area (Å²) >= 11 is 6.17. The van der Waals surface area contributed by atoms with Crippen molar-refractivity contribution >= 4 is 17.5 Å². The molecule has 6 heteroatoms. The number of hydrogen-bond acceptors (Lipinski definition) is 4. The van der Waals surface area contributed by atoms with Gasteiger partial charge in [-0.15, -0.1) is 0 Å². The number of ether oxygens (including phenoxy) is 2. The van der Waals surface area contributed by atoms with Gasteiger partial charge in [-0.25, -0.2) is 0 Å². The standard InChI is InChI=1S/C13H19ClN2O3/c1-8(2)16-6-9-4-11(18-3)12(5-10(9)14)19-7-13(15)17/h4-5,8,16H,6-7H2,1-3H3,(H2,15,17). The summed E-state index contributed by atoms with van der Waals surface area (Å²) in [5, 5.41) is 3.82. The molecule has 0 aliphatic heterocycles. The molecule has 1 amide bonds. The van der Waals surface area contributed by atoms with Crippen molar-refractivity contribution in [1.82, 2.24) is 5.32 Å². The fourth-order valence-electron chi connectivity index (χ4n) is 1.45. The molecule has 0 atom stereocenters. The van der Waals surface area contributed by atoms with E-state index in [4.69, 9.17) is 26.8 Å². The van der Waals surface area contributed by atoms with Crippen LogP contribution < -0.4 is 20.5 Å². The van der Waals surface area contributed by atoms with Crippen molar-refractivity contribution < 1.29 is 14.3 Å². The maximum absolute atomic E-state index is 10.7. The van der Waals surface area contributed by atoms with Crippen LogP contribution in [0.5, 0.6) is 11.5 Å². The Bertz CT molecular complexity index is 450. The lowest BCUT2D eigenvalue weighted by molar-refractivity contribution is -0.119. The maximum atomic E-state index is 10.7. The Morgan fingerprint density at radius 1 is 1.42 bits per heavy atom. The van der Waals surface area contributed by atoms with Crippen molar-refractivity contribution in [2.45, 2.75) is 26.4 Å². The molecule has 106 valence electrons. The lowest BCUT2D eigenvalue weighted by Gasteiger charge is -2.14. The number of halogens is 1. The zero-order chi connectivity index (χ0) is 14.4. The summed E-state index contributed by atoms with van der Waals surface area (Å²) in [4.78, 5) is 10.7. The fourth-order valence-corrected chi connectivity index (χ4v) is 1.67. The number of carbonyl (C=O) groups is 1. The zero-order valence-corrected chi connectivity index (χ0v) is 12.1. The summed E-state index contributed by atoms with van der Waals surface area (Å²) in [6, 6.07) is 3.77. The van der Waals surface area contributed by atoms with Crippen molar-refractivity contribution in [3.8, 4) is 11.5 Å². The molecular formula is C13H19ClN2O3. The molecule has 0 bridgehead atoms. The van der Waals surface area contributed by atoms with Gasteiger partial charge >= 0.3 is 0 Å². The third-order valence-corrected chi connectivity index (χ3v) is 2.76. The van der Waals surface area contributed by atoms with Crippen LogP contribution in [0.4, 0.5) is 0 Å². The van der Waals surface area contributed by atoms with E-state index in [-0.39, 0.29) is 6.61 Å². The van der Waals surface area contributed by atoms with E-state index in [2.05, 4.69) is 19.2 Å². The van der Waals surface area contributed by atoms with Crippen LogP contribution in [0.15, 0.2) is 12.1 Å². The average Bonchev–Trinajstić information content (AvgIpc) is 2.34. The number of hydrogen-bond donors (Lipinski definition) is 2. The molecule has 19 heavy (non-hydrogen) atoms. The van der Waals surface area contributed by atoms with Gasteiger partial charge < -0.3 is 20.5 Å². The van der Waals surface area contributed by atoms with E-state index in [1.807, 2.05) is 0 Å². The second-order valence-electron chi connectivity index (χ2n) is 4.39. The molecular weight excluding hydrogens is 268 g/mol. The quantitative estimate of drug-likeness (QED) is 0.800. The van der Waals surface area contributed by atoms with E-state index in [9.17, 15) is 4.79 Å². The first kappa shape index (κ1) is 15.6. The molecule has 5 nitrogen and oxygen atoms in total. The van der Waals surface area contributed by atoms with Crippen molar-refractivity contribution in [2.24, 2.45) is 5.73 Å². The number of primary amides is 1. The molecule has 0 saturated heterocycles. The van der Waals surface area contributed by atoms with Crippen LogP contribution in [-0.2, 0) is 11.3 Å². The van der Waals surface area contributed by atoms with Gasteiger partial charge in [0.25, 0.3) is 5.91 Å². The molecule has 0 aliphatic carbocycles. The fraction of sp³-hybridized carbons (Fsp3) is 0.462. The van der Waals surface area contributed by atoms with E-state index in [1.54, 1.807) is 12.1 Å². The summed E-state index contributed by atoms with van der Waals surface area (Å²) in [7, 11) is 1.53. The van der Waals surface area contributed by atoms with Gasteiger partial charge in [0, 0.05) is 23.7 Å². The Morgan fingerprint density at radius 3 is 2.63 bits per heavy atom. The molecule has 1 aromatic rings. The smallest absolute Gasteiger partial charge is 0.255 e. The highest BCUT2D eigenvalue weighted by Crippen LogP contribution is 2.33. The Hall–Kier alpha value is -1.46. The van der Waals surface area contributed by atoms with Crippen molar-refractivity contribution in [2.75, 3.05) is 13.7 Å². The van der Waals surface area contributed by atoms with Crippen LogP contribution in [0.2, 0.25) is 5.02 Å². The summed E-state index contributed by atoms with van der Waals surface area (Å²) < 4.78 is 10.5. The van der Waals surface area contributed by atoms with Crippen LogP contribution in [-0.4, -0.2) is 25.7 Å². The summed E-state index contributed by atoms with van der Waals surface area (Å²) in [6.45, 7) is 4.52. The Balaban J connectivity index is 2.90. The number of amides is 1. The first-order valence-corrected chi connectivity index (χ1v) is 6.32. The van der Waals surface area contributed by atoms with E-state index < -0.39 is 5.91 Å². The van der Waals surface area contributed by atoms with E-state index >= 15 is 0 Å². The highest BCUT2D eigenvalue weighted by atomic mass is 35.5. The van der Waals surface area contributed by atoms with Gasteiger partial charge in [0.2, 0.25) is 0 Å². The third-order valence-electron chi connectivity index (χ3n) is 2.40. The Morgan fingerprint density at radius 2 is 2.11 bits per heavy atom. The van der Waals surface area contributed by atoms with Gasteiger partial charge in [-0.2, -0.15) is 0 Å². The lowest BCUT2D eigenvalue weighted by Crippen LogP contribution is -2.22. The number of methoxy groups -OCH3 is 1. The molecule has 1 rings (SSSR count). The van der Waals surface area contributed by atoms with Gasteiger partial charge in [0.15, 0.2) is 18.1 Å². The lowest BCUT2D eigenvalue weighted by atomic mass is 10.2. The molecule has 0 aliphatic rings. The first-order chi connectivity index (χ1) is 8.93. The number of benzene rings is 1. The van der Waals surface area contributed by atoms with Gasteiger partial charge in [-0.3, -0.25) is 4.79 Å². The van der Waals surface area contributed by atoms with E-state index in [1.165, 1.54) is 7.11 Å². The molecule has 0 radical (unpaired) electrons. The van der Waals surface area contributed by atoms with Crippen molar-refractivity contribution in [3.63, 3.8) is 0 Å². The van der Waals surface area contributed by atoms with E-state index in [0.717, 1.165) is 5.56 Å². The SMILES string of the molecule is COc1cc(CNC(C)C)c(Cl)cc1OCC(N)=O. The molecule has 0 saturated carbocycles. The second-order valence-corrected chi connectivity index (χ2v) is 4.79. The van der Waals surface area contributed by atoms with Gasteiger partial charge in [0.1, 0.15) is 0 Å². The van der Waals surface area contributed by atoms with Crippen LogP contribution in [0.3, 0.4) is 0 Å². The topological polar surface area (TPSA) is 73.6 Å². The highest BCUT2D eigenvalue weighted by molar-refractivity contribution is 6.31. The maximum Gasteiger partial charge on any atom is 0.255 e. The Labute approximate surface area is 118 Å². The van der Waals surface area contributed by atoms with Crippen molar-refractivity contribution in [1.29, 1.82) is 0 Å². The summed E-state index contributed by atoms with van der Waals surface area (Å²) in [5.74, 6) is 0.370. The molecule has 1 aromatic carbocycles. The van der Waals surface area contributed by atoms with Crippen LogP contribution in [0.25, 0.3) is 0 Å². The van der Waals surface area contributed by atoms with Crippen molar-refractivity contribution in [3.05, 3.63) is 22.7 Å². The average molecular weight is 287 g/mol. The minimum Gasteiger partial charge on any atom is -0.493 e. The molecule has 0 unspecified atom stereocenters. The Kier molecular flexibility index (Phi) is 5.92.